The maximum absolute atomic E-state index is 12.6. The van der Waals surface area contributed by atoms with Crippen molar-refractivity contribution in [3.63, 3.8) is 0 Å². The molecule has 6 heteroatoms. The highest BCUT2D eigenvalue weighted by Gasteiger charge is 2.35. The predicted octanol–water partition coefficient (Wildman–Crippen LogP) is 4.60. The van der Waals surface area contributed by atoms with E-state index in [1.54, 1.807) is 23.1 Å². The van der Waals surface area contributed by atoms with Crippen LogP contribution in [0.3, 0.4) is 0 Å². The van der Waals surface area contributed by atoms with Gasteiger partial charge in [-0.2, -0.15) is 0 Å². The number of aryl methyl sites for hydroxylation is 2. The quantitative estimate of drug-likeness (QED) is 0.850. The molecule has 1 atom stereocenters. The van der Waals surface area contributed by atoms with E-state index in [1.165, 1.54) is 0 Å². The van der Waals surface area contributed by atoms with Gasteiger partial charge in [-0.3, -0.25) is 9.59 Å². The van der Waals surface area contributed by atoms with E-state index in [4.69, 9.17) is 23.2 Å². The van der Waals surface area contributed by atoms with Gasteiger partial charge < -0.3 is 10.2 Å². The van der Waals surface area contributed by atoms with Crippen molar-refractivity contribution in [1.82, 2.24) is 0 Å². The number of nitrogens with zero attached hydrogens (tertiary/aromatic N) is 1. The summed E-state index contributed by atoms with van der Waals surface area (Å²) >= 11 is 12.1. The van der Waals surface area contributed by atoms with Crippen molar-refractivity contribution in [3.8, 4) is 0 Å². The van der Waals surface area contributed by atoms with E-state index in [0.717, 1.165) is 16.8 Å². The zero-order chi connectivity index (χ0) is 18.1. The molecule has 0 aliphatic carbocycles. The summed E-state index contributed by atoms with van der Waals surface area (Å²) in [7, 11) is 0. The summed E-state index contributed by atoms with van der Waals surface area (Å²) in [5.41, 5.74) is 3.41. The maximum Gasteiger partial charge on any atom is 0.229 e. The van der Waals surface area contributed by atoms with Crippen molar-refractivity contribution in [3.05, 3.63) is 57.6 Å². The molecule has 0 spiro atoms. The summed E-state index contributed by atoms with van der Waals surface area (Å²) in [5, 5.41) is 3.45. The molecule has 2 aromatic carbocycles. The monoisotopic (exact) mass is 376 g/mol. The van der Waals surface area contributed by atoms with E-state index < -0.39 is 5.92 Å². The molecule has 3 rings (SSSR count). The molecule has 1 N–H and O–H groups in total. The van der Waals surface area contributed by atoms with Crippen molar-refractivity contribution < 1.29 is 9.59 Å². The third-order valence-corrected chi connectivity index (χ3v) is 5.18. The number of nitrogens with one attached hydrogen (secondary N) is 1. The summed E-state index contributed by atoms with van der Waals surface area (Å²) in [4.78, 5) is 26.7. The van der Waals surface area contributed by atoms with Crippen LogP contribution in [0.5, 0.6) is 0 Å². The fourth-order valence-electron chi connectivity index (χ4n) is 2.96. The minimum Gasteiger partial charge on any atom is -0.324 e. The fraction of sp³-hybridized carbons (Fsp3) is 0.263. The van der Waals surface area contributed by atoms with Crippen LogP contribution in [0.15, 0.2) is 36.4 Å². The molecule has 1 heterocycles. The van der Waals surface area contributed by atoms with Gasteiger partial charge in [-0.05, 0) is 43.2 Å². The molecular weight excluding hydrogens is 359 g/mol. The largest absolute Gasteiger partial charge is 0.324 e. The predicted molar refractivity (Wildman–Crippen MR) is 101 cm³/mol. The first-order valence-corrected chi connectivity index (χ1v) is 8.75. The highest BCUT2D eigenvalue weighted by atomic mass is 35.5. The van der Waals surface area contributed by atoms with Crippen LogP contribution in [0, 0.1) is 19.8 Å². The van der Waals surface area contributed by atoms with Gasteiger partial charge in [-0.15, -0.1) is 0 Å². The second kappa shape index (κ2) is 7.06. The Kier molecular flexibility index (Phi) is 5.02. The number of hydrogen-bond acceptors (Lipinski definition) is 2. The molecule has 0 saturated carbocycles. The lowest BCUT2D eigenvalue weighted by atomic mass is 10.1. The number of carbonyl (C=O) groups excluding carboxylic acids is 2. The summed E-state index contributed by atoms with van der Waals surface area (Å²) in [6.45, 7) is 4.29. The van der Waals surface area contributed by atoms with Crippen LogP contribution in [-0.2, 0) is 9.59 Å². The van der Waals surface area contributed by atoms with Gasteiger partial charge in [0.05, 0.1) is 21.7 Å². The summed E-state index contributed by atoms with van der Waals surface area (Å²) in [6, 6.07) is 11.0. The molecule has 2 amide bonds. The minimum atomic E-state index is -0.428. The average Bonchev–Trinajstić information content (AvgIpc) is 2.96. The van der Waals surface area contributed by atoms with E-state index in [1.807, 2.05) is 32.0 Å². The lowest BCUT2D eigenvalue weighted by Gasteiger charge is -2.20. The summed E-state index contributed by atoms with van der Waals surface area (Å²) < 4.78 is 0. The van der Waals surface area contributed by atoms with Crippen LogP contribution in [0.1, 0.15) is 17.5 Å². The van der Waals surface area contributed by atoms with E-state index >= 15 is 0 Å². The highest BCUT2D eigenvalue weighted by molar-refractivity contribution is 6.44. The van der Waals surface area contributed by atoms with E-state index in [-0.39, 0.29) is 18.2 Å². The van der Waals surface area contributed by atoms with Crippen LogP contribution in [-0.4, -0.2) is 18.4 Å². The number of rotatable bonds is 3. The Morgan fingerprint density at radius 1 is 1.20 bits per heavy atom. The van der Waals surface area contributed by atoms with Crippen molar-refractivity contribution in [2.45, 2.75) is 20.3 Å². The van der Waals surface area contributed by atoms with Gasteiger partial charge >= 0.3 is 0 Å². The van der Waals surface area contributed by atoms with Crippen LogP contribution in [0.25, 0.3) is 0 Å². The number of anilines is 2. The summed E-state index contributed by atoms with van der Waals surface area (Å²) in [5.74, 6) is -0.709. The molecule has 1 aliphatic rings. The van der Waals surface area contributed by atoms with Gasteiger partial charge in [-0.25, -0.2) is 0 Å². The number of hydrogen-bond donors (Lipinski definition) is 1. The Hall–Kier alpha value is -2.04. The molecule has 2 aromatic rings. The Labute approximate surface area is 156 Å². The molecule has 25 heavy (non-hydrogen) atoms. The first kappa shape index (κ1) is 17.8. The van der Waals surface area contributed by atoms with Crippen molar-refractivity contribution in [1.29, 1.82) is 0 Å². The van der Waals surface area contributed by atoms with Gasteiger partial charge in [0, 0.05) is 18.7 Å². The standard InChI is InChI=1S/C19H18Cl2N2O2/c1-11-6-7-12(2)16(8-11)23-10-13(9-17(23)24)19(25)22-15-5-3-4-14(20)18(15)21/h3-8,13H,9-10H2,1-2H3,(H,22,25). The topological polar surface area (TPSA) is 49.4 Å². The van der Waals surface area contributed by atoms with Crippen molar-refractivity contribution in [2.75, 3.05) is 16.8 Å². The zero-order valence-electron chi connectivity index (χ0n) is 14.0. The second-order valence-corrected chi connectivity index (χ2v) is 7.07. The Morgan fingerprint density at radius 2 is 1.96 bits per heavy atom. The van der Waals surface area contributed by atoms with E-state index in [9.17, 15) is 9.59 Å². The third kappa shape index (κ3) is 3.65. The Morgan fingerprint density at radius 3 is 2.72 bits per heavy atom. The number of benzene rings is 2. The van der Waals surface area contributed by atoms with Crippen LogP contribution in [0.4, 0.5) is 11.4 Å². The van der Waals surface area contributed by atoms with Crippen LogP contribution in [0.2, 0.25) is 10.0 Å². The van der Waals surface area contributed by atoms with E-state index in [2.05, 4.69) is 5.32 Å². The molecule has 0 aromatic heterocycles. The van der Waals surface area contributed by atoms with Gasteiger partial charge in [0.25, 0.3) is 0 Å². The molecule has 0 radical (unpaired) electrons. The number of halogens is 2. The molecule has 0 bridgehead atoms. The fourth-order valence-corrected chi connectivity index (χ4v) is 3.31. The molecule has 1 saturated heterocycles. The SMILES string of the molecule is Cc1ccc(C)c(N2CC(C(=O)Nc3cccc(Cl)c3Cl)CC2=O)c1. The minimum absolute atomic E-state index is 0.0500. The normalized spacial score (nSPS) is 17.0. The zero-order valence-corrected chi connectivity index (χ0v) is 15.5. The van der Waals surface area contributed by atoms with Crippen LogP contribution < -0.4 is 10.2 Å². The maximum atomic E-state index is 12.6. The van der Waals surface area contributed by atoms with Gasteiger partial charge in [0.2, 0.25) is 11.8 Å². The highest BCUT2D eigenvalue weighted by Crippen LogP contribution is 2.32. The number of carbonyl (C=O) groups is 2. The average molecular weight is 377 g/mol. The molecule has 130 valence electrons. The first-order chi connectivity index (χ1) is 11.9. The van der Waals surface area contributed by atoms with Gasteiger partial charge in [0.15, 0.2) is 0 Å². The number of amides is 2. The smallest absolute Gasteiger partial charge is 0.229 e. The molecule has 1 unspecified atom stereocenters. The van der Waals surface area contributed by atoms with E-state index in [0.29, 0.717) is 22.3 Å². The molecule has 4 nitrogen and oxygen atoms in total. The van der Waals surface area contributed by atoms with Gasteiger partial charge in [0.1, 0.15) is 0 Å². The lowest BCUT2D eigenvalue weighted by Crippen LogP contribution is -2.28. The lowest BCUT2D eigenvalue weighted by molar-refractivity contribution is -0.122. The van der Waals surface area contributed by atoms with Crippen LogP contribution >= 0.6 is 23.2 Å². The Bertz CT molecular complexity index is 851. The van der Waals surface area contributed by atoms with Crippen molar-refractivity contribution >= 4 is 46.4 Å². The molecule has 1 aliphatic heterocycles. The van der Waals surface area contributed by atoms with Crippen molar-refractivity contribution in [2.24, 2.45) is 5.92 Å². The third-order valence-electron chi connectivity index (χ3n) is 4.36. The summed E-state index contributed by atoms with van der Waals surface area (Å²) in [6.07, 6.45) is 0.178. The second-order valence-electron chi connectivity index (χ2n) is 6.29. The van der Waals surface area contributed by atoms with Gasteiger partial charge in [-0.1, -0.05) is 41.4 Å². The Balaban J connectivity index is 1.77. The molecular formula is C19H18Cl2N2O2. The first-order valence-electron chi connectivity index (χ1n) is 7.99. The molecule has 1 fully saturated rings.